The number of alkyl halides is 1. The van der Waals surface area contributed by atoms with Crippen molar-refractivity contribution in [2.24, 2.45) is 11.8 Å². The van der Waals surface area contributed by atoms with Crippen molar-refractivity contribution >= 4 is 17.5 Å². The van der Waals surface area contributed by atoms with Crippen molar-refractivity contribution in [1.82, 2.24) is 5.32 Å². The average molecular weight is 206 g/mol. The molecule has 1 amide bonds. The van der Waals surface area contributed by atoms with Crippen LogP contribution in [-0.2, 0) is 9.53 Å². The van der Waals surface area contributed by atoms with Gasteiger partial charge in [0.2, 0.25) is 5.91 Å². The van der Waals surface area contributed by atoms with Crippen LogP contribution in [0.4, 0.5) is 0 Å². The van der Waals surface area contributed by atoms with Gasteiger partial charge in [0.25, 0.3) is 0 Å². The third-order valence-electron chi connectivity index (χ3n) is 2.27. The molecular formula is C9H16ClNO2. The number of carbonyl (C=O) groups is 1. The van der Waals surface area contributed by atoms with Crippen LogP contribution >= 0.6 is 11.6 Å². The van der Waals surface area contributed by atoms with Crippen molar-refractivity contribution in [3.05, 3.63) is 0 Å². The zero-order chi connectivity index (χ0) is 9.68. The Morgan fingerprint density at radius 2 is 2.54 bits per heavy atom. The number of ether oxygens (including phenoxy) is 1. The predicted molar refractivity (Wildman–Crippen MR) is 51.8 cm³/mol. The van der Waals surface area contributed by atoms with E-state index in [1.807, 2.05) is 6.92 Å². The third-order valence-corrected chi connectivity index (χ3v) is 2.73. The molecule has 2 atom stereocenters. The Labute approximate surface area is 83.8 Å². The van der Waals surface area contributed by atoms with Crippen molar-refractivity contribution in [2.75, 3.05) is 25.6 Å². The summed E-state index contributed by atoms with van der Waals surface area (Å²) in [6.45, 7) is 4.15. The van der Waals surface area contributed by atoms with Crippen LogP contribution in [-0.4, -0.2) is 31.5 Å². The third kappa shape index (κ3) is 3.53. The predicted octanol–water partition coefficient (Wildman–Crippen LogP) is 1.01. The molecule has 0 saturated carbocycles. The van der Waals surface area contributed by atoms with Crippen LogP contribution < -0.4 is 5.32 Å². The summed E-state index contributed by atoms with van der Waals surface area (Å²) in [6, 6.07) is 0. The van der Waals surface area contributed by atoms with Crippen molar-refractivity contribution < 1.29 is 9.53 Å². The smallest absolute Gasteiger partial charge is 0.224 e. The number of hydrogen-bond donors (Lipinski definition) is 1. The van der Waals surface area contributed by atoms with Gasteiger partial charge in [0.1, 0.15) is 0 Å². The van der Waals surface area contributed by atoms with Gasteiger partial charge in [0.15, 0.2) is 0 Å². The average Bonchev–Trinajstić information content (AvgIpc) is 2.65. The highest BCUT2D eigenvalue weighted by Crippen LogP contribution is 2.10. The molecule has 0 bridgehead atoms. The van der Waals surface area contributed by atoms with Crippen molar-refractivity contribution in [1.29, 1.82) is 0 Å². The van der Waals surface area contributed by atoms with E-state index < -0.39 is 0 Å². The van der Waals surface area contributed by atoms with Gasteiger partial charge in [-0.05, 0) is 6.42 Å². The second-order valence-corrected chi connectivity index (χ2v) is 3.84. The Balaban J connectivity index is 2.13. The fourth-order valence-electron chi connectivity index (χ4n) is 1.23. The van der Waals surface area contributed by atoms with E-state index in [4.69, 9.17) is 16.3 Å². The van der Waals surface area contributed by atoms with Gasteiger partial charge in [0, 0.05) is 30.9 Å². The van der Waals surface area contributed by atoms with E-state index in [1.165, 1.54) is 0 Å². The molecule has 1 N–H and O–H groups in total. The van der Waals surface area contributed by atoms with Crippen molar-refractivity contribution in [2.45, 2.75) is 13.3 Å². The minimum absolute atomic E-state index is 0.0434. The van der Waals surface area contributed by atoms with Gasteiger partial charge in [0.05, 0.1) is 6.61 Å². The molecule has 1 heterocycles. The van der Waals surface area contributed by atoms with Crippen LogP contribution in [0.3, 0.4) is 0 Å². The summed E-state index contributed by atoms with van der Waals surface area (Å²) in [6.07, 6.45) is 1.05. The van der Waals surface area contributed by atoms with Gasteiger partial charge in [-0.15, -0.1) is 11.6 Å². The summed E-state index contributed by atoms with van der Waals surface area (Å²) in [5.74, 6) is 0.824. The van der Waals surface area contributed by atoms with Gasteiger partial charge in [-0.3, -0.25) is 4.79 Å². The number of hydrogen-bond acceptors (Lipinski definition) is 2. The number of carbonyl (C=O) groups excluding carboxylic acids is 1. The van der Waals surface area contributed by atoms with Crippen LogP contribution in [0.15, 0.2) is 0 Å². The summed E-state index contributed by atoms with van der Waals surface area (Å²) in [4.78, 5) is 11.3. The molecule has 1 rings (SSSR count). The normalized spacial score (nSPS) is 24.3. The molecule has 2 unspecified atom stereocenters. The SMILES string of the molecule is CC(CCl)C(=O)NCC1CCOC1. The van der Waals surface area contributed by atoms with E-state index in [0.29, 0.717) is 11.8 Å². The summed E-state index contributed by atoms with van der Waals surface area (Å²) in [7, 11) is 0. The van der Waals surface area contributed by atoms with Gasteiger partial charge < -0.3 is 10.1 Å². The molecule has 1 aliphatic heterocycles. The molecule has 1 saturated heterocycles. The topological polar surface area (TPSA) is 38.3 Å². The Morgan fingerprint density at radius 3 is 3.08 bits per heavy atom. The highest BCUT2D eigenvalue weighted by Gasteiger charge is 2.17. The largest absolute Gasteiger partial charge is 0.381 e. The highest BCUT2D eigenvalue weighted by atomic mass is 35.5. The molecule has 1 aliphatic rings. The van der Waals surface area contributed by atoms with E-state index in [-0.39, 0.29) is 11.8 Å². The summed E-state index contributed by atoms with van der Waals surface area (Å²) in [5, 5.41) is 2.87. The minimum atomic E-state index is -0.0935. The zero-order valence-corrected chi connectivity index (χ0v) is 8.64. The molecule has 0 aromatic carbocycles. The first-order valence-electron chi connectivity index (χ1n) is 4.65. The lowest BCUT2D eigenvalue weighted by Crippen LogP contribution is -2.34. The molecule has 4 heteroatoms. The maximum atomic E-state index is 11.3. The van der Waals surface area contributed by atoms with Crippen molar-refractivity contribution in [3.63, 3.8) is 0 Å². The van der Waals surface area contributed by atoms with E-state index in [2.05, 4.69) is 5.32 Å². The molecule has 1 fully saturated rings. The second kappa shape index (κ2) is 5.45. The van der Waals surface area contributed by atoms with E-state index in [9.17, 15) is 4.79 Å². The number of amides is 1. The first-order chi connectivity index (χ1) is 6.24. The molecule has 0 aliphatic carbocycles. The van der Waals surface area contributed by atoms with Gasteiger partial charge in [-0.2, -0.15) is 0 Å². The minimum Gasteiger partial charge on any atom is -0.381 e. The molecular weight excluding hydrogens is 190 g/mol. The summed E-state index contributed by atoms with van der Waals surface area (Å²) in [5.41, 5.74) is 0. The zero-order valence-electron chi connectivity index (χ0n) is 7.88. The van der Waals surface area contributed by atoms with Gasteiger partial charge >= 0.3 is 0 Å². The molecule has 0 radical (unpaired) electrons. The Bertz CT molecular complexity index is 169. The molecule has 0 aromatic heterocycles. The number of nitrogens with one attached hydrogen (secondary N) is 1. The highest BCUT2D eigenvalue weighted by molar-refractivity contribution is 6.19. The molecule has 76 valence electrons. The summed E-state index contributed by atoms with van der Waals surface area (Å²) < 4.78 is 5.20. The van der Waals surface area contributed by atoms with Crippen LogP contribution in [0.1, 0.15) is 13.3 Å². The summed E-state index contributed by atoms with van der Waals surface area (Å²) >= 11 is 5.56. The maximum Gasteiger partial charge on any atom is 0.224 e. The standard InChI is InChI=1S/C9H16ClNO2/c1-7(4-10)9(12)11-5-8-2-3-13-6-8/h7-8H,2-6H2,1H3,(H,11,12). The van der Waals surface area contributed by atoms with Gasteiger partial charge in [-0.25, -0.2) is 0 Å². The van der Waals surface area contributed by atoms with Crippen LogP contribution in [0, 0.1) is 11.8 Å². The maximum absolute atomic E-state index is 11.3. The number of halogens is 1. The lowest BCUT2D eigenvalue weighted by atomic mass is 10.1. The first-order valence-corrected chi connectivity index (χ1v) is 5.19. The van der Waals surface area contributed by atoms with Crippen LogP contribution in [0.2, 0.25) is 0 Å². The van der Waals surface area contributed by atoms with Gasteiger partial charge in [-0.1, -0.05) is 6.92 Å². The van der Waals surface area contributed by atoms with Crippen molar-refractivity contribution in [3.8, 4) is 0 Å². The Hall–Kier alpha value is -0.280. The lowest BCUT2D eigenvalue weighted by Gasteiger charge is -2.12. The Morgan fingerprint density at radius 1 is 1.77 bits per heavy atom. The van der Waals surface area contributed by atoms with Crippen LogP contribution in [0.5, 0.6) is 0 Å². The molecule has 13 heavy (non-hydrogen) atoms. The van der Waals surface area contributed by atoms with Crippen LogP contribution in [0.25, 0.3) is 0 Å². The monoisotopic (exact) mass is 205 g/mol. The quantitative estimate of drug-likeness (QED) is 0.696. The lowest BCUT2D eigenvalue weighted by molar-refractivity contribution is -0.124. The molecule has 3 nitrogen and oxygen atoms in total. The van der Waals surface area contributed by atoms with E-state index >= 15 is 0 Å². The first kappa shape index (κ1) is 10.8. The fraction of sp³-hybridized carbons (Fsp3) is 0.889. The second-order valence-electron chi connectivity index (χ2n) is 3.53. The Kier molecular flexibility index (Phi) is 4.53. The fourth-order valence-corrected chi connectivity index (χ4v) is 1.37. The molecule has 0 spiro atoms. The van der Waals surface area contributed by atoms with E-state index in [1.54, 1.807) is 0 Å². The molecule has 0 aromatic rings. The number of rotatable bonds is 4. The van der Waals surface area contributed by atoms with E-state index in [0.717, 1.165) is 26.2 Å².